The van der Waals surface area contributed by atoms with Crippen LogP contribution in [0.3, 0.4) is 0 Å². The average Bonchev–Trinajstić information content (AvgIpc) is 2.35. The maximum atomic E-state index is 6.17. The third-order valence-electron chi connectivity index (χ3n) is 3.04. The molecular formula is C13H19NO2. The van der Waals surface area contributed by atoms with Crippen LogP contribution in [0.4, 0.5) is 0 Å². The first-order chi connectivity index (χ1) is 7.83. The lowest BCUT2D eigenvalue weighted by molar-refractivity contribution is 0.118. The van der Waals surface area contributed by atoms with Crippen molar-refractivity contribution in [1.82, 2.24) is 0 Å². The second-order valence-electron chi connectivity index (χ2n) is 4.10. The van der Waals surface area contributed by atoms with Crippen molar-refractivity contribution in [2.24, 2.45) is 5.73 Å². The van der Waals surface area contributed by atoms with Gasteiger partial charge in [-0.3, -0.25) is 0 Å². The minimum absolute atomic E-state index is 0.0602. The zero-order valence-corrected chi connectivity index (χ0v) is 9.69. The summed E-state index contributed by atoms with van der Waals surface area (Å²) in [5.74, 6) is 1.34. The quantitative estimate of drug-likeness (QED) is 0.844. The summed E-state index contributed by atoms with van der Waals surface area (Å²) in [4.78, 5) is 0. The van der Waals surface area contributed by atoms with E-state index in [0.717, 1.165) is 25.4 Å². The van der Waals surface area contributed by atoms with Crippen molar-refractivity contribution in [1.29, 1.82) is 0 Å². The van der Waals surface area contributed by atoms with Gasteiger partial charge in [0.1, 0.15) is 5.75 Å². The Morgan fingerprint density at radius 1 is 1.50 bits per heavy atom. The Balaban J connectivity index is 2.12. The molecule has 0 amide bonds. The summed E-state index contributed by atoms with van der Waals surface area (Å²) in [6.07, 6.45) is 0.977. The van der Waals surface area contributed by atoms with Gasteiger partial charge >= 0.3 is 0 Å². The van der Waals surface area contributed by atoms with Crippen LogP contribution in [0.5, 0.6) is 5.75 Å². The summed E-state index contributed by atoms with van der Waals surface area (Å²) in [5, 5.41) is 0. The summed E-state index contributed by atoms with van der Waals surface area (Å²) in [5.41, 5.74) is 7.39. The number of para-hydroxylation sites is 1. The van der Waals surface area contributed by atoms with Crippen molar-refractivity contribution < 1.29 is 9.47 Å². The van der Waals surface area contributed by atoms with Crippen molar-refractivity contribution in [3.8, 4) is 5.75 Å². The lowest BCUT2D eigenvalue weighted by Crippen LogP contribution is -2.36. The maximum absolute atomic E-state index is 6.17. The Labute approximate surface area is 96.5 Å². The van der Waals surface area contributed by atoms with Crippen molar-refractivity contribution in [2.45, 2.75) is 25.3 Å². The molecule has 2 atom stereocenters. The summed E-state index contributed by atoms with van der Waals surface area (Å²) in [7, 11) is 0. The first-order valence-electron chi connectivity index (χ1n) is 5.88. The zero-order chi connectivity index (χ0) is 11.4. The molecule has 0 saturated carbocycles. The van der Waals surface area contributed by atoms with E-state index in [1.165, 1.54) is 5.56 Å². The molecule has 2 unspecified atom stereocenters. The molecule has 88 valence electrons. The van der Waals surface area contributed by atoms with Gasteiger partial charge < -0.3 is 15.2 Å². The van der Waals surface area contributed by atoms with Crippen molar-refractivity contribution >= 4 is 0 Å². The SMILES string of the molecule is CCOCC(N)C1CCOc2ccccc21. The average molecular weight is 221 g/mol. The minimum atomic E-state index is 0.0602. The van der Waals surface area contributed by atoms with E-state index in [1.54, 1.807) is 0 Å². The van der Waals surface area contributed by atoms with Gasteiger partial charge in [0, 0.05) is 18.6 Å². The molecule has 3 heteroatoms. The Morgan fingerprint density at radius 3 is 3.12 bits per heavy atom. The highest BCUT2D eigenvalue weighted by Gasteiger charge is 2.26. The van der Waals surface area contributed by atoms with Gasteiger partial charge in [-0.2, -0.15) is 0 Å². The van der Waals surface area contributed by atoms with Crippen molar-refractivity contribution in [3.05, 3.63) is 29.8 Å². The molecule has 0 aromatic heterocycles. The van der Waals surface area contributed by atoms with E-state index in [1.807, 2.05) is 25.1 Å². The Hall–Kier alpha value is -1.06. The maximum Gasteiger partial charge on any atom is 0.122 e. The predicted octanol–water partition coefficient (Wildman–Crippen LogP) is 1.92. The van der Waals surface area contributed by atoms with Crippen LogP contribution in [-0.4, -0.2) is 25.9 Å². The topological polar surface area (TPSA) is 44.5 Å². The molecule has 0 bridgehead atoms. The van der Waals surface area contributed by atoms with Crippen LogP contribution in [0, 0.1) is 0 Å². The van der Waals surface area contributed by atoms with Gasteiger partial charge in [0.25, 0.3) is 0 Å². The molecule has 1 aliphatic heterocycles. The highest BCUT2D eigenvalue weighted by molar-refractivity contribution is 5.38. The predicted molar refractivity (Wildman–Crippen MR) is 63.8 cm³/mol. The Kier molecular flexibility index (Phi) is 3.80. The van der Waals surface area contributed by atoms with Crippen LogP contribution in [0.25, 0.3) is 0 Å². The summed E-state index contributed by atoms with van der Waals surface area (Å²) in [6, 6.07) is 8.20. The van der Waals surface area contributed by atoms with Gasteiger partial charge in [0.2, 0.25) is 0 Å². The monoisotopic (exact) mass is 221 g/mol. The van der Waals surface area contributed by atoms with Crippen LogP contribution < -0.4 is 10.5 Å². The van der Waals surface area contributed by atoms with Crippen LogP contribution in [0.15, 0.2) is 24.3 Å². The van der Waals surface area contributed by atoms with Gasteiger partial charge in [-0.25, -0.2) is 0 Å². The highest BCUT2D eigenvalue weighted by atomic mass is 16.5. The van der Waals surface area contributed by atoms with E-state index in [9.17, 15) is 0 Å². The van der Waals surface area contributed by atoms with E-state index < -0.39 is 0 Å². The molecule has 0 fully saturated rings. The van der Waals surface area contributed by atoms with Gasteiger partial charge in [-0.15, -0.1) is 0 Å². The number of rotatable bonds is 4. The Bertz CT molecular complexity index is 340. The van der Waals surface area contributed by atoms with Crippen molar-refractivity contribution in [2.75, 3.05) is 19.8 Å². The molecule has 0 radical (unpaired) electrons. The third kappa shape index (κ3) is 2.36. The molecule has 0 aliphatic carbocycles. The van der Waals surface area contributed by atoms with Crippen LogP contribution >= 0.6 is 0 Å². The molecule has 16 heavy (non-hydrogen) atoms. The number of ether oxygens (including phenoxy) is 2. The molecular weight excluding hydrogens is 202 g/mol. The largest absolute Gasteiger partial charge is 0.493 e. The van der Waals surface area contributed by atoms with E-state index in [4.69, 9.17) is 15.2 Å². The highest BCUT2D eigenvalue weighted by Crippen LogP contribution is 2.34. The van der Waals surface area contributed by atoms with Gasteiger partial charge in [0.05, 0.1) is 13.2 Å². The molecule has 1 aromatic carbocycles. The molecule has 1 aromatic rings. The van der Waals surface area contributed by atoms with Crippen LogP contribution in [-0.2, 0) is 4.74 Å². The van der Waals surface area contributed by atoms with Crippen molar-refractivity contribution in [3.63, 3.8) is 0 Å². The van der Waals surface area contributed by atoms with Gasteiger partial charge in [0.15, 0.2) is 0 Å². The second-order valence-corrected chi connectivity index (χ2v) is 4.10. The van der Waals surface area contributed by atoms with Crippen LogP contribution in [0.2, 0.25) is 0 Å². The smallest absolute Gasteiger partial charge is 0.122 e. The lowest BCUT2D eigenvalue weighted by atomic mass is 9.87. The number of benzene rings is 1. The normalized spacial score (nSPS) is 21.0. The lowest BCUT2D eigenvalue weighted by Gasteiger charge is -2.30. The fourth-order valence-electron chi connectivity index (χ4n) is 2.18. The number of fused-ring (bicyclic) bond motifs is 1. The zero-order valence-electron chi connectivity index (χ0n) is 9.69. The fourth-order valence-corrected chi connectivity index (χ4v) is 2.18. The van der Waals surface area contributed by atoms with Crippen LogP contribution in [0.1, 0.15) is 24.8 Å². The second kappa shape index (κ2) is 5.32. The fraction of sp³-hybridized carbons (Fsp3) is 0.538. The number of nitrogens with two attached hydrogens (primary N) is 1. The standard InChI is InChI=1S/C13H19NO2/c1-2-15-9-12(14)10-7-8-16-13-6-4-3-5-11(10)13/h3-6,10,12H,2,7-9,14H2,1H3. The number of hydrogen-bond acceptors (Lipinski definition) is 3. The molecule has 0 spiro atoms. The molecule has 2 rings (SSSR count). The Morgan fingerprint density at radius 2 is 2.31 bits per heavy atom. The minimum Gasteiger partial charge on any atom is -0.493 e. The molecule has 0 saturated heterocycles. The number of hydrogen-bond donors (Lipinski definition) is 1. The van der Waals surface area contributed by atoms with E-state index in [0.29, 0.717) is 12.5 Å². The first kappa shape index (κ1) is 11.4. The van der Waals surface area contributed by atoms with Gasteiger partial charge in [-0.1, -0.05) is 18.2 Å². The molecule has 1 heterocycles. The molecule has 2 N–H and O–H groups in total. The molecule has 3 nitrogen and oxygen atoms in total. The summed E-state index contributed by atoms with van der Waals surface area (Å²) >= 11 is 0. The van der Waals surface area contributed by atoms with Gasteiger partial charge in [-0.05, 0) is 25.0 Å². The molecule has 1 aliphatic rings. The van der Waals surface area contributed by atoms with E-state index in [2.05, 4.69) is 6.07 Å². The first-order valence-corrected chi connectivity index (χ1v) is 5.88. The summed E-state index contributed by atoms with van der Waals surface area (Å²) < 4.78 is 11.0. The van der Waals surface area contributed by atoms with E-state index in [-0.39, 0.29) is 6.04 Å². The third-order valence-corrected chi connectivity index (χ3v) is 3.04. The van der Waals surface area contributed by atoms with E-state index >= 15 is 0 Å². The summed E-state index contributed by atoms with van der Waals surface area (Å²) in [6.45, 7) is 4.08.